The Balaban J connectivity index is 1.64. The third kappa shape index (κ3) is 4.23. The lowest BCUT2D eigenvalue weighted by atomic mass is 9.86. The minimum Gasteiger partial charge on any atom is -0.393 e. The van der Waals surface area contributed by atoms with Crippen LogP contribution >= 0.6 is 0 Å². The molecule has 1 saturated heterocycles. The largest absolute Gasteiger partial charge is 0.393 e. The van der Waals surface area contributed by atoms with Crippen LogP contribution < -0.4 is 10.6 Å². The number of rotatable bonds is 4. The van der Waals surface area contributed by atoms with E-state index in [2.05, 4.69) is 15.5 Å². The van der Waals surface area contributed by atoms with Gasteiger partial charge in [0.15, 0.2) is 0 Å². The molecule has 2 fully saturated rings. The number of nitrogens with one attached hydrogen (secondary N) is 2. The van der Waals surface area contributed by atoms with Crippen LogP contribution in [0, 0.1) is 5.92 Å². The summed E-state index contributed by atoms with van der Waals surface area (Å²) in [5.41, 5.74) is 0. The van der Waals surface area contributed by atoms with Crippen molar-refractivity contribution in [3.8, 4) is 0 Å². The van der Waals surface area contributed by atoms with Crippen LogP contribution in [0.2, 0.25) is 0 Å². The van der Waals surface area contributed by atoms with Gasteiger partial charge in [0.2, 0.25) is 5.91 Å². The van der Waals surface area contributed by atoms with E-state index in [-0.39, 0.29) is 17.9 Å². The standard InChI is InChI=1S/C13H25N3O2/c17-12-4-2-1-3-11(12)9-15-13(18)10-16-7-5-14-6-8-16/h11-12,14,17H,1-10H2,(H,15,18). The van der Waals surface area contributed by atoms with Gasteiger partial charge in [0.05, 0.1) is 12.6 Å². The van der Waals surface area contributed by atoms with Crippen molar-refractivity contribution in [2.75, 3.05) is 39.3 Å². The van der Waals surface area contributed by atoms with Crippen molar-refractivity contribution < 1.29 is 9.90 Å². The Labute approximate surface area is 109 Å². The van der Waals surface area contributed by atoms with E-state index in [1.54, 1.807) is 0 Å². The number of carbonyl (C=O) groups is 1. The Morgan fingerprint density at radius 2 is 2.00 bits per heavy atom. The molecule has 104 valence electrons. The number of aliphatic hydroxyl groups is 1. The monoisotopic (exact) mass is 255 g/mol. The molecular formula is C13H25N3O2. The molecule has 3 N–H and O–H groups in total. The first-order valence-electron chi connectivity index (χ1n) is 7.13. The van der Waals surface area contributed by atoms with Crippen LogP contribution in [0.15, 0.2) is 0 Å². The van der Waals surface area contributed by atoms with E-state index in [1.807, 2.05) is 0 Å². The van der Waals surface area contributed by atoms with Gasteiger partial charge in [0.1, 0.15) is 0 Å². The highest BCUT2D eigenvalue weighted by atomic mass is 16.3. The molecule has 1 heterocycles. The molecule has 18 heavy (non-hydrogen) atoms. The van der Waals surface area contributed by atoms with Crippen LogP contribution in [0.4, 0.5) is 0 Å². The molecular weight excluding hydrogens is 230 g/mol. The second-order valence-electron chi connectivity index (χ2n) is 5.44. The minimum absolute atomic E-state index is 0.0923. The molecule has 0 spiro atoms. The predicted octanol–water partition coefficient (Wildman–Crippen LogP) is -0.441. The highest BCUT2D eigenvalue weighted by Gasteiger charge is 2.23. The van der Waals surface area contributed by atoms with Gasteiger partial charge in [-0.15, -0.1) is 0 Å². The lowest BCUT2D eigenvalue weighted by Gasteiger charge is -2.29. The normalized spacial score (nSPS) is 30.1. The molecule has 0 aromatic carbocycles. The van der Waals surface area contributed by atoms with Crippen molar-refractivity contribution in [1.29, 1.82) is 0 Å². The fourth-order valence-electron chi connectivity index (χ4n) is 2.80. The second kappa shape index (κ2) is 7.07. The van der Waals surface area contributed by atoms with Crippen LogP contribution in [0.25, 0.3) is 0 Å². The maximum atomic E-state index is 11.8. The third-order valence-electron chi connectivity index (χ3n) is 4.01. The Morgan fingerprint density at radius 3 is 2.72 bits per heavy atom. The maximum absolute atomic E-state index is 11.8. The maximum Gasteiger partial charge on any atom is 0.234 e. The van der Waals surface area contributed by atoms with Crippen molar-refractivity contribution in [3.63, 3.8) is 0 Å². The Hall–Kier alpha value is -0.650. The van der Waals surface area contributed by atoms with E-state index in [1.165, 1.54) is 6.42 Å². The van der Waals surface area contributed by atoms with Crippen LogP contribution in [0.3, 0.4) is 0 Å². The molecule has 1 aliphatic carbocycles. The Kier molecular flexibility index (Phi) is 5.41. The molecule has 0 radical (unpaired) electrons. The summed E-state index contributed by atoms with van der Waals surface area (Å²) in [6.45, 7) is 4.94. The first-order valence-corrected chi connectivity index (χ1v) is 7.13. The van der Waals surface area contributed by atoms with Crippen LogP contribution in [-0.2, 0) is 4.79 Å². The lowest BCUT2D eigenvalue weighted by molar-refractivity contribution is -0.122. The smallest absolute Gasteiger partial charge is 0.234 e. The van der Waals surface area contributed by atoms with Crippen molar-refractivity contribution in [2.24, 2.45) is 5.92 Å². The molecule has 2 unspecified atom stereocenters. The van der Waals surface area contributed by atoms with Crippen molar-refractivity contribution in [1.82, 2.24) is 15.5 Å². The average molecular weight is 255 g/mol. The molecule has 2 rings (SSSR count). The number of hydrogen-bond acceptors (Lipinski definition) is 4. The molecule has 2 aliphatic rings. The minimum atomic E-state index is -0.224. The molecule has 0 aromatic heterocycles. The lowest BCUT2D eigenvalue weighted by Crippen LogP contribution is -2.48. The summed E-state index contributed by atoms with van der Waals surface area (Å²) in [5.74, 6) is 0.348. The van der Waals surface area contributed by atoms with Crippen molar-refractivity contribution >= 4 is 5.91 Å². The summed E-state index contributed by atoms with van der Waals surface area (Å²) < 4.78 is 0. The van der Waals surface area contributed by atoms with Gasteiger partial charge >= 0.3 is 0 Å². The first kappa shape index (κ1) is 13.8. The van der Waals surface area contributed by atoms with Crippen molar-refractivity contribution in [3.05, 3.63) is 0 Å². The fourth-order valence-corrected chi connectivity index (χ4v) is 2.80. The van der Waals surface area contributed by atoms with Gasteiger partial charge in [-0.3, -0.25) is 9.69 Å². The summed E-state index contributed by atoms with van der Waals surface area (Å²) in [5, 5.41) is 16.1. The van der Waals surface area contributed by atoms with Gasteiger partial charge in [-0.25, -0.2) is 0 Å². The van der Waals surface area contributed by atoms with Gasteiger partial charge in [-0.2, -0.15) is 0 Å². The summed E-state index contributed by atoms with van der Waals surface area (Å²) in [6.07, 6.45) is 3.99. The molecule has 1 saturated carbocycles. The molecule has 2 atom stereocenters. The van der Waals surface area contributed by atoms with Crippen LogP contribution in [-0.4, -0.2) is 61.3 Å². The molecule has 1 aliphatic heterocycles. The van der Waals surface area contributed by atoms with Crippen LogP contribution in [0.5, 0.6) is 0 Å². The summed E-state index contributed by atoms with van der Waals surface area (Å²) in [4.78, 5) is 14.0. The third-order valence-corrected chi connectivity index (χ3v) is 4.01. The van der Waals surface area contributed by atoms with Gasteiger partial charge in [0.25, 0.3) is 0 Å². The topological polar surface area (TPSA) is 64.6 Å². The summed E-state index contributed by atoms with van der Waals surface area (Å²) in [6, 6.07) is 0. The number of hydrogen-bond donors (Lipinski definition) is 3. The zero-order valence-corrected chi connectivity index (χ0v) is 11.0. The van der Waals surface area contributed by atoms with Gasteiger partial charge in [-0.05, 0) is 12.8 Å². The summed E-state index contributed by atoms with van der Waals surface area (Å²) >= 11 is 0. The predicted molar refractivity (Wildman–Crippen MR) is 70.3 cm³/mol. The van der Waals surface area contributed by atoms with Gasteiger partial charge in [0, 0.05) is 38.6 Å². The van der Waals surface area contributed by atoms with Gasteiger partial charge < -0.3 is 15.7 Å². The Morgan fingerprint density at radius 1 is 1.28 bits per heavy atom. The Bertz CT molecular complexity index is 267. The highest BCUT2D eigenvalue weighted by molar-refractivity contribution is 5.78. The molecule has 1 amide bonds. The number of aliphatic hydroxyl groups excluding tert-OH is 1. The van der Waals surface area contributed by atoms with E-state index < -0.39 is 0 Å². The van der Waals surface area contributed by atoms with E-state index >= 15 is 0 Å². The zero-order valence-electron chi connectivity index (χ0n) is 11.0. The molecule has 0 bridgehead atoms. The zero-order chi connectivity index (χ0) is 12.8. The number of carbonyl (C=O) groups excluding carboxylic acids is 1. The average Bonchev–Trinajstić information content (AvgIpc) is 2.39. The fraction of sp³-hybridized carbons (Fsp3) is 0.923. The van der Waals surface area contributed by atoms with E-state index in [4.69, 9.17) is 0 Å². The van der Waals surface area contributed by atoms with Crippen molar-refractivity contribution in [2.45, 2.75) is 31.8 Å². The summed E-state index contributed by atoms with van der Waals surface area (Å²) in [7, 11) is 0. The SMILES string of the molecule is O=C(CN1CCNCC1)NCC1CCCCC1O. The van der Waals surface area contributed by atoms with E-state index in [0.717, 1.165) is 45.4 Å². The number of amides is 1. The van der Waals surface area contributed by atoms with Crippen LogP contribution in [0.1, 0.15) is 25.7 Å². The molecule has 5 heteroatoms. The second-order valence-corrected chi connectivity index (χ2v) is 5.44. The number of nitrogens with zero attached hydrogens (tertiary/aromatic N) is 1. The van der Waals surface area contributed by atoms with E-state index in [0.29, 0.717) is 13.1 Å². The molecule has 0 aromatic rings. The quantitative estimate of drug-likeness (QED) is 0.637. The van der Waals surface area contributed by atoms with E-state index in [9.17, 15) is 9.90 Å². The number of piperazine rings is 1. The van der Waals surface area contributed by atoms with Gasteiger partial charge in [-0.1, -0.05) is 12.8 Å². The first-order chi connectivity index (χ1) is 8.75. The highest BCUT2D eigenvalue weighted by Crippen LogP contribution is 2.23. The molecule has 5 nitrogen and oxygen atoms in total.